The number of ether oxygens (including phenoxy) is 2. The van der Waals surface area contributed by atoms with E-state index in [4.69, 9.17) is 21.7 Å². The smallest absolute Gasteiger partial charge is 0.175 e. The van der Waals surface area contributed by atoms with Crippen molar-refractivity contribution >= 4 is 28.7 Å². The summed E-state index contributed by atoms with van der Waals surface area (Å²) < 4.78 is 24.3. The van der Waals surface area contributed by atoms with E-state index in [2.05, 4.69) is 10.6 Å². The molecule has 0 heterocycles. The monoisotopic (exact) mass is 368 g/mol. The Hall–Kier alpha value is -3.12. The summed E-state index contributed by atoms with van der Waals surface area (Å²) in [5.41, 5.74) is 1.32. The lowest BCUT2D eigenvalue weighted by Gasteiger charge is -2.12. The first kappa shape index (κ1) is 17.7. The van der Waals surface area contributed by atoms with Gasteiger partial charge in [-0.05, 0) is 60.7 Å². The van der Waals surface area contributed by atoms with Crippen LogP contribution in [-0.4, -0.2) is 12.2 Å². The number of thiocarbonyl (C=S) groups is 1. The first-order valence-electron chi connectivity index (χ1n) is 7.88. The number of benzene rings is 3. The number of hydrogen-bond donors (Lipinski definition) is 2. The van der Waals surface area contributed by atoms with Crippen molar-refractivity contribution in [1.82, 2.24) is 0 Å². The van der Waals surface area contributed by atoms with Gasteiger partial charge in [-0.2, -0.15) is 0 Å². The number of halogens is 1. The summed E-state index contributed by atoms with van der Waals surface area (Å²) in [6.07, 6.45) is 0. The molecule has 2 N–H and O–H groups in total. The van der Waals surface area contributed by atoms with Gasteiger partial charge in [0.1, 0.15) is 11.5 Å². The van der Waals surface area contributed by atoms with E-state index in [1.165, 1.54) is 19.2 Å². The molecule has 0 saturated heterocycles. The fourth-order valence-electron chi connectivity index (χ4n) is 2.27. The molecule has 0 aliphatic heterocycles. The van der Waals surface area contributed by atoms with Crippen molar-refractivity contribution in [3.8, 4) is 17.2 Å². The number of nitrogens with one attached hydrogen (secondary N) is 2. The van der Waals surface area contributed by atoms with Gasteiger partial charge in [0, 0.05) is 17.4 Å². The van der Waals surface area contributed by atoms with Crippen molar-refractivity contribution in [3.63, 3.8) is 0 Å². The molecule has 6 heteroatoms. The second-order valence-corrected chi connectivity index (χ2v) is 5.78. The van der Waals surface area contributed by atoms with E-state index in [9.17, 15) is 4.39 Å². The van der Waals surface area contributed by atoms with E-state index >= 15 is 0 Å². The molecule has 3 aromatic rings. The summed E-state index contributed by atoms with van der Waals surface area (Å²) >= 11 is 5.25. The molecule has 0 unspecified atom stereocenters. The molecule has 3 aromatic carbocycles. The van der Waals surface area contributed by atoms with Gasteiger partial charge in [0.2, 0.25) is 0 Å². The minimum Gasteiger partial charge on any atom is -0.494 e. The van der Waals surface area contributed by atoms with E-state index < -0.39 is 5.82 Å². The number of methoxy groups -OCH3 is 1. The molecule has 0 saturated carbocycles. The lowest BCUT2D eigenvalue weighted by Crippen LogP contribution is -2.19. The molecule has 0 atom stereocenters. The van der Waals surface area contributed by atoms with Crippen LogP contribution >= 0.6 is 12.2 Å². The Bertz CT molecular complexity index is 886. The Morgan fingerprint density at radius 1 is 0.846 bits per heavy atom. The standard InChI is InChI=1S/C20H17FN2O2S/c1-24-19-12-9-15(13-18(19)21)23-20(26)22-14-7-10-17(11-8-14)25-16-5-3-2-4-6-16/h2-13H,1H3,(H2,22,23,26). The Balaban J connectivity index is 1.58. The van der Waals surface area contributed by atoms with Crippen LogP contribution in [0.1, 0.15) is 0 Å². The van der Waals surface area contributed by atoms with Crippen LogP contribution in [0.2, 0.25) is 0 Å². The molecular formula is C20H17FN2O2S. The van der Waals surface area contributed by atoms with Crippen LogP contribution in [0.5, 0.6) is 17.2 Å². The summed E-state index contributed by atoms with van der Waals surface area (Å²) in [7, 11) is 1.42. The Kier molecular flexibility index (Phi) is 5.66. The average molecular weight is 368 g/mol. The lowest BCUT2D eigenvalue weighted by molar-refractivity contribution is 0.387. The van der Waals surface area contributed by atoms with Crippen LogP contribution in [0.4, 0.5) is 15.8 Å². The Morgan fingerprint density at radius 2 is 1.46 bits per heavy atom. The van der Waals surface area contributed by atoms with Crippen LogP contribution in [0.3, 0.4) is 0 Å². The normalized spacial score (nSPS) is 10.1. The summed E-state index contributed by atoms with van der Waals surface area (Å²) in [4.78, 5) is 0. The van der Waals surface area contributed by atoms with E-state index in [-0.39, 0.29) is 5.75 Å². The molecule has 0 spiro atoms. The third kappa shape index (κ3) is 4.70. The van der Waals surface area contributed by atoms with Gasteiger partial charge in [-0.3, -0.25) is 0 Å². The SMILES string of the molecule is COc1ccc(NC(=S)Nc2ccc(Oc3ccccc3)cc2)cc1F. The van der Waals surface area contributed by atoms with Crippen molar-refractivity contribution in [1.29, 1.82) is 0 Å². The molecule has 26 heavy (non-hydrogen) atoms. The summed E-state index contributed by atoms with van der Waals surface area (Å²) in [6.45, 7) is 0. The van der Waals surface area contributed by atoms with Crippen LogP contribution in [0.15, 0.2) is 72.8 Å². The largest absolute Gasteiger partial charge is 0.494 e. The molecule has 3 rings (SSSR count). The predicted molar refractivity (Wildman–Crippen MR) is 106 cm³/mol. The zero-order chi connectivity index (χ0) is 18.4. The van der Waals surface area contributed by atoms with Gasteiger partial charge in [-0.1, -0.05) is 18.2 Å². The fraction of sp³-hybridized carbons (Fsp3) is 0.0500. The molecule has 0 aliphatic carbocycles. The van der Waals surface area contributed by atoms with E-state index in [1.54, 1.807) is 6.07 Å². The maximum absolute atomic E-state index is 13.7. The number of anilines is 2. The van der Waals surface area contributed by atoms with Gasteiger partial charge in [0.25, 0.3) is 0 Å². The predicted octanol–water partition coefficient (Wildman–Crippen LogP) is 5.44. The lowest BCUT2D eigenvalue weighted by atomic mass is 10.3. The fourth-order valence-corrected chi connectivity index (χ4v) is 2.50. The van der Waals surface area contributed by atoms with Gasteiger partial charge in [-0.15, -0.1) is 0 Å². The van der Waals surface area contributed by atoms with Gasteiger partial charge in [0.15, 0.2) is 16.7 Å². The molecule has 0 amide bonds. The minimum absolute atomic E-state index is 0.184. The Labute approximate surface area is 156 Å². The molecule has 0 bridgehead atoms. The van der Waals surface area contributed by atoms with Gasteiger partial charge >= 0.3 is 0 Å². The molecule has 132 valence electrons. The molecule has 4 nitrogen and oxygen atoms in total. The van der Waals surface area contributed by atoms with Crippen LogP contribution in [0.25, 0.3) is 0 Å². The van der Waals surface area contributed by atoms with Crippen molar-refractivity contribution in [3.05, 3.63) is 78.6 Å². The van der Waals surface area contributed by atoms with E-state index in [0.29, 0.717) is 10.8 Å². The first-order chi connectivity index (χ1) is 12.6. The molecule has 0 aromatic heterocycles. The second kappa shape index (κ2) is 8.31. The van der Waals surface area contributed by atoms with Crippen molar-refractivity contribution in [2.24, 2.45) is 0 Å². The van der Waals surface area contributed by atoms with Crippen molar-refractivity contribution < 1.29 is 13.9 Å². The van der Waals surface area contributed by atoms with Crippen molar-refractivity contribution in [2.75, 3.05) is 17.7 Å². The first-order valence-corrected chi connectivity index (χ1v) is 8.29. The van der Waals surface area contributed by atoms with Crippen LogP contribution in [-0.2, 0) is 0 Å². The number of rotatable bonds is 5. The highest BCUT2D eigenvalue weighted by Crippen LogP contribution is 2.23. The van der Waals surface area contributed by atoms with E-state index in [1.807, 2.05) is 54.6 Å². The highest BCUT2D eigenvalue weighted by atomic mass is 32.1. The zero-order valence-corrected chi connectivity index (χ0v) is 14.8. The second-order valence-electron chi connectivity index (χ2n) is 5.37. The Morgan fingerprint density at radius 3 is 2.12 bits per heavy atom. The maximum Gasteiger partial charge on any atom is 0.175 e. The molecular weight excluding hydrogens is 351 g/mol. The summed E-state index contributed by atoms with van der Waals surface area (Å²) in [6, 6.07) is 21.5. The van der Waals surface area contributed by atoms with Crippen molar-refractivity contribution in [2.45, 2.75) is 0 Å². The summed E-state index contributed by atoms with van der Waals surface area (Å²) in [5.74, 6) is 1.22. The molecule has 0 fully saturated rings. The molecule has 0 aliphatic rings. The topological polar surface area (TPSA) is 42.5 Å². The average Bonchev–Trinajstić information content (AvgIpc) is 2.64. The van der Waals surface area contributed by atoms with Crippen LogP contribution in [0, 0.1) is 5.82 Å². The van der Waals surface area contributed by atoms with Gasteiger partial charge in [0.05, 0.1) is 7.11 Å². The number of para-hydroxylation sites is 1. The maximum atomic E-state index is 13.7. The van der Waals surface area contributed by atoms with Gasteiger partial charge in [-0.25, -0.2) is 4.39 Å². The zero-order valence-electron chi connectivity index (χ0n) is 14.0. The van der Waals surface area contributed by atoms with Gasteiger partial charge < -0.3 is 20.1 Å². The highest BCUT2D eigenvalue weighted by molar-refractivity contribution is 7.80. The third-order valence-electron chi connectivity index (χ3n) is 3.50. The quantitative estimate of drug-likeness (QED) is 0.588. The highest BCUT2D eigenvalue weighted by Gasteiger charge is 2.05. The molecule has 0 radical (unpaired) electrons. The minimum atomic E-state index is -0.456. The van der Waals surface area contributed by atoms with E-state index in [0.717, 1.165) is 17.2 Å². The third-order valence-corrected chi connectivity index (χ3v) is 3.70. The number of hydrogen-bond acceptors (Lipinski definition) is 3. The summed E-state index contributed by atoms with van der Waals surface area (Å²) in [5, 5.41) is 6.32. The van der Waals surface area contributed by atoms with Crippen LogP contribution < -0.4 is 20.1 Å².